The summed E-state index contributed by atoms with van der Waals surface area (Å²) in [5.41, 5.74) is 1.20. The van der Waals surface area contributed by atoms with Crippen LogP contribution in [0, 0.1) is 0 Å². The highest BCUT2D eigenvalue weighted by atomic mass is 32.1. The van der Waals surface area contributed by atoms with Gasteiger partial charge in [0, 0.05) is 7.05 Å². The van der Waals surface area contributed by atoms with Crippen LogP contribution < -0.4 is 5.32 Å². The minimum atomic E-state index is 0.177. The van der Waals surface area contributed by atoms with Crippen molar-refractivity contribution in [1.82, 2.24) is 10.4 Å². The van der Waals surface area contributed by atoms with Crippen LogP contribution in [0.5, 0.6) is 0 Å². The molecule has 0 aliphatic rings. The van der Waals surface area contributed by atoms with E-state index in [0.717, 1.165) is 0 Å². The number of hydroxylamine groups is 2. The minimum absolute atomic E-state index is 0.177. The van der Waals surface area contributed by atoms with Gasteiger partial charge in [-0.1, -0.05) is 30.3 Å². The number of hydrogen-bond acceptors (Lipinski definition) is 2. The van der Waals surface area contributed by atoms with Crippen molar-refractivity contribution < 1.29 is 4.84 Å². The molecule has 82 valence electrons. The van der Waals surface area contributed by atoms with Crippen LogP contribution in [-0.4, -0.2) is 24.3 Å². The molecule has 0 fully saturated rings. The average molecular weight is 224 g/mol. The van der Waals surface area contributed by atoms with E-state index >= 15 is 0 Å². The Hall–Kier alpha value is -1.13. The lowest BCUT2D eigenvalue weighted by Crippen LogP contribution is -2.37. The lowest BCUT2D eigenvalue weighted by Gasteiger charge is -2.22. The van der Waals surface area contributed by atoms with Crippen molar-refractivity contribution in [2.45, 2.75) is 13.0 Å². The zero-order valence-electron chi connectivity index (χ0n) is 9.23. The van der Waals surface area contributed by atoms with Gasteiger partial charge in [-0.3, -0.25) is 4.84 Å². The van der Waals surface area contributed by atoms with Crippen LogP contribution in [0.4, 0.5) is 0 Å². The summed E-state index contributed by atoms with van der Waals surface area (Å²) >= 11 is 5.14. The van der Waals surface area contributed by atoms with E-state index in [9.17, 15) is 0 Å². The van der Waals surface area contributed by atoms with E-state index in [-0.39, 0.29) is 6.04 Å². The van der Waals surface area contributed by atoms with Gasteiger partial charge in [0.1, 0.15) is 0 Å². The summed E-state index contributed by atoms with van der Waals surface area (Å²) in [7, 11) is 3.36. The molecule has 0 aliphatic heterocycles. The summed E-state index contributed by atoms with van der Waals surface area (Å²) in [5.74, 6) is 0. The fourth-order valence-corrected chi connectivity index (χ4v) is 1.44. The van der Waals surface area contributed by atoms with Crippen molar-refractivity contribution in [3.8, 4) is 0 Å². The summed E-state index contributed by atoms with van der Waals surface area (Å²) in [6.07, 6.45) is 0. The first-order chi connectivity index (χ1) is 7.15. The third-order valence-corrected chi connectivity index (χ3v) is 2.57. The summed E-state index contributed by atoms with van der Waals surface area (Å²) < 4.78 is 0. The molecule has 1 rings (SSSR count). The number of nitrogens with zero attached hydrogens (tertiary/aromatic N) is 1. The van der Waals surface area contributed by atoms with Crippen molar-refractivity contribution in [2.24, 2.45) is 0 Å². The molecular weight excluding hydrogens is 208 g/mol. The molecule has 1 aromatic carbocycles. The molecule has 1 unspecified atom stereocenters. The SMILES string of the molecule is CON(C)C(=S)NC(C)c1ccccc1. The van der Waals surface area contributed by atoms with Gasteiger partial charge in [0.2, 0.25) is 0 Å². The molecule has 0 heterocycles. The van der Waals surface area contributed by atoms with Crippen molar-refractivity contribution in [1.29, 1.82) is 0 Å². The Kier molecular flexibility index (Phi) is 4.52. The molecule has 0 saturated carbocycles. The van der Waals surface area contributed by atoms with Crippen LogP contribution in [0.25, 0.3) is 0 Å². The maximum Gasteiger partial charge on any atom is 0.193 e. The molecule has 3 nitrogen and oxygen atoms in total. The molecule has 0 amide bonds. The molecule has 0 saturated heterocycles. The number of thiocarbonyl (C=S) groups is 1. The Morgan fingerprint density at radius 3 is 2.53 bits per heavy atom. The van der Waals surface area contributed by atoms with E-state index in [1.165, 1.54) is 10.6 Å². The molecule has 0 aromatic heterocycles. The molecular formula is C11H16N2OS. The van der Waals surface area contributed by atoms with E-state index in [2.05, 4.69) is 24.4 Å². The molecule has 0 radical (unpaired) electrons. The number of hydrogen-bond donors (Lipinski definition) is 1. The number of nitrogens with one attached hydrogen (secondary N) is 1. The Morgan fingerprint density at radius 2 is 2.00 bits per heavy atom. The van der Waals surface area contributed by atoms with Crippen LogP contribution in [0.2, 0.25) is 0 Å². The predicted octanol–water partition coefficient (Wildman–Crippen LogP) is 2.12. The van der Waals surface area contributed by atoms with E-state index in [4.69, 9.17) is 17.1 Å². The van der Waals surface area contributed by atoms with Crippen molar-refractivity contribution in [3.63, 3.8) is 0 Å². The monoisotopic (exact) mass is 224 g/mol. The predicted molar refractivity (Wildman–Crippen MR) is 65.4 cm³/mol. The number of benzene rings is 1. The smallest absolute Gasteiger partial charge is 0.193 e. The topological polar surface area (TPSA) is 24.5 Å². The molecule has 1 N–H and O–H groups in total. The minimum Gasteiger partial charge on any atom is -0.354 e. The molecule has 1 atom stereocenters. The second kappa shape index (κ2) is 5.68. The van der Waals surface area contributed by atoms with Gasteiger partial charge in [-0.25, -0.2) is 5.06 Å². The fourth-order valence-electron chi connectivity index (χ4n) is 1.18. The Morgan fingerprint density at radius 1 is 1.40 bits per heavy atom. The van der Waals surface area contributed by atoms with Gasteiger partial charge in [0.05, 0.1) is 13.2 Å². The first-order valence-corrected chi connectivity index (χ1v) is 5.19. The summed E-state index contributed by atoms with van der Waals surface area (Å²) in [5, 5.41) is 5.28. The van der Waals surface area contributed by atoms with Gasteiger partial charge in [0.15, 0.2) is 5.11 Å². The maximum atomic E-state index is 5.14. The standard InChI is InChI=1S/C11H16N2OS/c1-9(10-7-5-4-6-8-10)12-11(15)13(2)14-3/h4-9H,1-3H3,(H,12,15). The van der Waals surface area contributed by atoms with Crippen LogP contribution in [0.3, 0.4) is 0 Å². The highest BCUT2D eigenvalue weighted by Gasteiger charge is 2.08. The summed E-state index contributed by atoms with van der Waals surface area (Å²) in [6, 6.07) is 10.3. The largest absolute Gasteiger partial charge is 0.354 e. The van der Waals surface area contributed by atoms with E-state index in [0.29, 0.717) is 5.11 Å². The van der Waals surface area contributed by atoms with Gasteiger partial charge < -0.3 is 5.32 Å². The average Bonchev–Trinajstić information content (AvgIpc) is 2.29. The Labute approximate surface area is 96.0 Å². The molecule has 0 spiro atoms. The maximum absolute atomic E-state index is 5.14. The first-order valence-electron chi connectivity index (χ1n) is 4.78. The molecule has 0 aliphatic carbocycles. The van der Waals surface area contributed by atoms with E-state index in [1.54, 1.807) is 14.2 Å². The highest BCUT2D eigenvalue weighted by molar-refractivity contribution is 7.80. The second-order valence-electron chi connectivity index (χ2n) is 3.26. The third-order valence-electron chi connectivity index (χ3n) is 2.20. The highest BCUT2D eigenvalue weighted by Crippen LogP contribution is 2.11. The Balaban J connectivity index is 2.56. The van der Waals surface area contributed by atoms with Crippen molar-refractivity contribution in [2.75, 3.05) is 14.2 Å². The van der Waals surface area contributed by atoms with Crippen LogP contribution in [0.1, 0.15) is 18.5 Å². The van der Waals surface area contributed by atoms with Gasteiger partial charge >= 0.3 is 0 Å². The zero-order valence-corrected chi connectivity index (χ0v) is 10.0. The fraction of sp³-hybridized carbons (Fsp3) is 0.364. The normalized spacial score (nSPS) is 11.9. The zero-order chi connectivity index (χ0) is 11.3. The van der Waals surface area contributed by atoms with Gasteiger partial charge in [0.25, 0.3) is 0 Å². The lowest BCUT2D eigenvalue weighted by atomic mass is 10.1. The van der Waals surface area contributed by atoms with Crippen molar-refractivity contribution >= 4 is 17.3 Å². The molecule has 0 bridgehead atoms. The van der Waals surface area contributed by atoms with E-state index in [1.807, 2.05) is 18.2 Å². The van der Waals surface area contributed by atoms with Gasteiger partial charge in [-0.05, 0) is 24.7 Å². The quantitative estimate of drug-likeness (QED) is 0.628. The second-order valence-corrected chi connectivity index (χ2v) is 3.65. The van der Waals surface area contributed by atoms with Crippen LogP contribution in [-0.2, 0) is 4.84 Å². The molecule has 4 heteroatoms. The van der Waals surface area contributed by atoms with E-state index < -0.39 is 0 Å². The first kappa shape index (κ1) is 11.9. The van der Waals surface area contributed by atoms with Gasteiger partial charge in [-0.2, -0.15) is 0 Å². The lowest BCUT2D eigenvalue weighted by molar-refractivity contribution is -0.0428. The molecule has 15 heavy (non-hydrogen) atoms. The number of rotatable bonds is 3. The van der Waals surface area contributed by atoms with Crippen LogP contribution in [0.15, 0.2) is 30.3 Å². The van der Waals surface area contributed by atoms with Crippen molar-refractivity contribution in [3.05, 3.63) is 35.9 Å². The molecule has 1 aromatic rings. The van der Waals surface area contributed by atoms with Crippen LogP contribution >= 0.6 is 12.2 Å². The third kappa shape index (κ3) is 3.49. The summed E-state index contributed by atoms with van der Waals surface area (Å²) in [6.45, 7) is 2.06. The Bertz CT molecular complexity index is 316. The van der Waals surface area contributed by atoms with Gasteiger partial charge in [-0.15, -0.1) is 0 Å². The summed E-state index contributed by atoms with van der Waals surface area (Å²) in [4.78, 5) is 4.98.